The molecule has 5 heteroatoms. The molecular weight excluding hydrogens is 527 g/mol. The second kappa shape index (κ2) is 11.2. The van der Waals surface area contributed by atoms with E-state index in [9.17, 15) is 14.4 Å². The van der Waals surface area contributed by atoms with Crippen LogP contribution in [-0.4, -0.2) is 16.8 Å². The third-order valence-electron chi connectivity index (χ3n) is 7.75. The highest BCUT2D eigenvalue weighted by atomic mass is 31.2. The van der Waals surface area contributed by atoms with Gasteiger partial charge in [-0.15, -0.1) is 0 Å². The summed E-state index contributed by atoms with van der Waals surface area (Å²) in [6, 6.07) is 17.7. The normalized spacial score (nSPS) is 11.4. The number of carbonyl (C=O) groups is 3. The SMILES string of the molecule is Cc1cc(C)c(C(=O)c2ccccc2P(=O)(C(=O)c2c(C)cc(C)cc2C)C(=O)c2c(C)cc(C)cc2C)c(C)c1. The van der Waals surface area contributed by atoms with E-state index in [0.29, 0.717) is 27.8 Å². The van der Waals surface area contributed by atoms with Crippen molar-refractivity contribution in [2.45, 2.75) is 62.3 Å². The van der Waals surface area contributed by atoms with Crippen LogP contribution in [-0.2, 0) is 4.57 Å². The van der Waals surface area contributed by atoms with Crippen molar-refractivity contribution < 1.29 is 18.9 Å². The van der Waals surface area contributed by atoms with E-state index in [1.54, 1.807) is 45.9 Å². The van der Waals surface area contributed by atoms with Crippen LogP contribution in [0.5, 0.6) is 0 Å². The molecule has 0 bridgehead atoms. The van der Waals surface area contributed by atoms with E-state index in [1.807, 2.05) is 71.0 Å². The van der Waals surface area contributed by atoms with E-state index in [4.69, 9.17) is 0 Å². The van der Waals surface area contributed by atoms with Crippen molar-refractivity contribution in [3.63, 3.8) is 0 Å². The Morgan fingerprint density at radius 3 is 1.17 bits per heavy atom. The molecular formula is C36H37O4P. The van der Waals surface area contributed by atoms with Gasteiger partial charge < -0.3 is 4.57 Å². The summed E-state index contributed by atoms with van der Waals surface area (Å²) < 4.78 is 15.5. The molecule has 0 aliphatic rings. The molecule has 0 unspecified atom stereocenters. The van der Waals surface area contributed by atoms with Crippen molar-refractivity contribution in [3.05, 3.63) is 133 Å². The smallest absolute Gasteiger partial charge is 0.249 e. The van der Waals surface area contributed by atoms with Gasteiger partial charge in [-0.2, -0.15) is 0 Å². The summed E-state index contributed by atoms with van der Waals surface area (Å²) in [5.41, 5.74) is 6.73. The zero-order chi connectivity index (χ0) is 30.4. The van der Waals surface area contributed by atoms with Gasteiger partial charge in [0.15, 0.2) is 5.78 Å². The highest BCUT2D eigenvalue weighted by Crippen LogP contribution is 2.53. The fraction of sp³-hybridized carbons (Fsp3) is 0.250. The van der Waals surface area contributed by atoms with Crippen LogP contribution in [0, 0.1) is 62.3 Å². The summed E-state index contributed by atoms with van der Waals surface area (Å²) in [4.78, 5) is 43.4. The fourth-order valence-corrected chi connectivity index (χ4v) is 9.04. The zero-order valence-corrected chi connectivity index (χ0v) is 26.2. The van der Waals surface area contributed by atoms with Gasteiger partial charge in [0.2, 0.25) is 18.2 Å². The first-order chi connectivity index (χ1) is 19.2. The van der Waals surface area contributed by atoms with Gasteiger partial charge in [-0.25, -0.2) is 0 Å². The highest BCUT2D eigenvalue weighted by Gasteiger charge is 2.46. The fourth-order valence-electron chi connectivity index (χ4n) is 6.27. The quantitative estimate of drug-likeness (QED) is 0.167. The van der Waals surface area contributed by atoms with Crippen LogP contribution in [0.2, 0.25) is 0 Å². The number of hydrogen-bond acceptors (Lipinski definition) is 4. The van der Waals surface area contributed by atoms with E-state index in [-0.39, 0.29) is 27.8 Å². The Kier molecular flexibility index (Phi) is 8.21. The molecule has 0 N–H and O–H groups in total. The lowest BCUT2D eigenvalue weighted by atomic mass is 9.93. The summed E-state index contributed by atoms with van der Waals surface area (Å²) in [6.45, 7) is 16.7. The number of rotatable bonds is 7. The molecule has 210 valence electrons. The predicted molar refractivity (Wildman–Crippen MR) is 168 cm³/mol. The molecule has 0 aliphatic carbocycles. The molecule has 0 aliphatic heterocycles. The number of aryl methyl sites for hydroxylation is 9. The van der Waals surface area contributed by atoms with Crippen LogP contribution in [0.25, 0.3) is 0 Å². The third kappa shape index (κ3) is 5.29. The van der Waals surface area contributed by atoms with Crippen molar-refractivity contribution in [3.8, 4) is 0 Å². The van der Waals surface area contributed by atoms with Gasteiger partial charge in [-0.05, 0) is 102 Å². The van der Waals surface area contributed by atoms with Crippen LogP contribution in [0.15, 0.2) is 60.7 Å². The minimum atomic E-state index is -4.59. The Hall–Kier alpha value is -3.88. The highest BCUT2D eigenvalue weighted by molar-refractivity contribution is 8.01. The zero-order valence-electron chi connectivity index (χ0n) is 25.4. The van der Waals surface area contributed by atoms with Crippen LogP contribution < -0.4 is 5.30 Å². The van der Waals surface area contributed by atoms with Crippen molar-refractivity contribution in [1.82, 2.24) is 0 Å². The Bertz CT molecular complexity index is 1670. The van der Waals surface area contributed by atoms with Crippen molar-refractivity contribution >= 4 is 29.3 Å². The van der Waals surface area contributed by atoms with E-state index in [2.05, 4.69) is 0 Å². The van der Waals surface area contributed by atoms with E-state index < -0.39 is 18.2 Å². The Labute approximate surface area is 243 Å². The van der Waals surface area contributed by atoms with Crippen LogP contribution in [0.3, 0.4) is 0 Å². The van der Waals surface area contributed by atoms with Crippen LogP contribution in [0.1, 0.15) is 86.7 Å². The standard InChI is InChI=1S/C36H37O4P/c1-20-14-23(4)31(24(5)15-20)34(37)29-12-10-11-13-30(29)41(40,35(38)32-25(6)16-21(2)17-26(32)7)36(39)33-27(8)18-22(3)19-28(33)9/h10-19H,1-9H3. The topological polar surface area (TPSA) is 68.3 Å². The third-order valence-corrected chi connectivity index (χ3v) is 10.4. The van der Waals surface area contributed by atoms with E-state index in [1.165, 1.54) is 6.07 Å². The molecule has 41 heavy (non-hydrogen) atoms. The van der Waals surface area contributed by atoms with E-state index in [0.717, 1.165) is 27.8 Å². The van der Waals surface area contributed by atoms with Crippen LogP contribution >= 0.6 is 7.14 Å². The molecule has 0 saturated carbocycles. The van der Waals surface area contributed by atoms with Gasteiger partial charge in [0.25, 0.3) is 0 Å². The van der Waals surface area contributed by atoms with Gasteiger partial charge in [0.1, 0.15) is 0 Å². The maximum Gasteiger partial charge on any atom is 0.249 e. The predicted octanol–water partition coefficient (Wildman–Crippen LogP) is 8.36. The lowest BCUT2D eigenvalue weighted by Gasteiger charge is -2.23. The van der Waals surface area contributed by atoms with Crippen molar-refractivity contribution in [2.24, 2.45) is 0 Å². The monoisotopic (exact) mass is 564 g/mol. The molecule has 0 amide bonds. The summed E-state index contributed by atoms with van der Waals surface area (Å²) in [7, 11) is -4.59. The largest absolute Gasteiger partial charge is 0.302 e. The lowest BCUT2D eigenvalue weighted by Crippen LogP contribution is -2.27. The summed E-state index contributed by atoms with van der Waals surface area (Å²) in [6.07, 6.45) is 0. The maximum absolute atomic E-state index is 15.5. The van der Waals surface area contributed by atoms with Gasteiger partial charge >= 0.3 is 0 Å². The second-order valence-corrected chi connectivity index (χ2v) is 13.9. The number of benzene rings is 4. The summed E-state index contributed by atoms with van der Waals surface area (Å²) in [5.74, 6) is -0.355. The van der Waals surface area contributed by atoms with Crippen molar-refractivity contribution in [2.75, 3.05) is 0 Å². The van der Waals surface area contributed by atoms with Gasteiger partial charge in [-0.3, -0.25) is 14.4 Å². The van der Waals surface area contributed by atoms with Crippen molar-refractivity contribution in [1.29, 1.82) is 0 Å². The van der Waals surface area contributed by atoms with Gasteiger partial charge in [-0.1, -0.05) is 71.3 Å². The molecule has 0 spiro atoms. The molecule has 0 atom stereocenters. The average molecular weight is 565 g/mol. The lowest BCUT2D eigenvalue weighted by molar-refractivity contribution is 0.103. The number of ketones is 1. The molecule has 4 nitrogen and oxygen atoms in total. The molecule has 4 aromatic carbocycles. The maximum atomic E-state index is 15.5. The molecule has 4 rings (SSSR count). The summed E-state index contributed by atoms with van der Waals surface area (Å²) >= 11 is 0. The minimum absolute atomic E-state index is 0.0156. The Balaban J connectivity index is 2.08. The first-order valence-corrected chi connectivity index (χ1v) is 15.5. The molecule has 0 saturated heterocycles. The second-order valence-electron chi connectivity index (χ2n) is 11.4. The molecule has 0 fully saturated rings. The molecule has 0 radical (unpaired) electrons. The molecule has 4 aromatic rings. The Morgan fingerprint density at radius 2 is 0.805 bits per heavy atom. The number of hydrogen-bond donors (Lipinski definition) is 0. The van der Waals surface area contributed by atoms with E-state index >= 15 is 4.57 Å². The van der Waals surface area contributed by atoms with Gasteiger partial charge in [0.05, 0.1) is 0 Å². The first kappa shape index (κ1) is 30.1. The van der Waals surface area contributed by atoms with Gasteiger partial charge in [0, 0.05) is 27.6 Å². The summed E-state index contributed by atoms with van der Waals surface area (Å²) in [5, 5.41) is -0.0156. The minimum Gasteiger partial charge on any atom is -0.302 e. The molecule has 0 heterocycles. The average Bonchev–Trinajstić information content (AvgIpc) is 2.86. The first-order valence-electron chi connectivity index (χ1n) is 13.8. The van der Waals surface area contributed by atoms with Crippen LogP contribution in [0.4, 0.5) is 0 Å². The molecule has 0 aromatic heterocycles. The number of carbonyl (C=O) groups excluding carboxylic acids is 3. The Morgan fingerprint density at radius 1 is 0.488 bits per heavy atom.